The third kappa shape index (κ3) is 8.37. The maximum Gasteiger partial charge on any atom is 0.326 e. The summed E-state index contributed by atoms with van der Waals surface area (Å²) >= 11 is 0. The summed E-state index contributed by atoms with van der Waals surface area (Å²) in [7, 11) is 0. The highest BCUT2D eigenvalue weighted by atomic mass is 16.4. The second-order valence-corrected chi connectivity index (χ2v) is 7.98. The highest BCUT2D eigenvalue weighted by Gasteiger charge is 2.37. The van der Waals surface area contributed by atoms with E-state index in [2.05, 4.69) is 16.0 Å². The average Bonchev–Trinajstić information content (AvgIpc) is 3.32. The van der Waals surface area contributed by atoms with Crippen molar-refractivity contribution in [1.82, 2.24) is 20.9 Å². The van der Waals surface area contributed by atoms with Gasteiger partial charge in [0.15, 0.2) is 0 Å². The summed E-state index contributed by atoms with van der Waals surface area (Å²) in [6, 6.07) is 5.28. The predicted molar refractivity (Wildman–Crippen MR) is 121 cm³/mol. The number of hydrogen-bond acceptors (Lipinski definition) is 7. The van der Waals surface area contributed by atoms with Gasteiger partial charge in [-0.15, -0.1) is 0 Å². The molecule has 0 spiro atoms. The number of carboxylic acids is 2. The summed E-state index contributed by atoms with van der Waals surface area (Å²) in [5, 5.41) is 25.3. The summed E-state index contributed by atoms with van der Waals surface area (Å²) in [6.45, 7) is -0.819. The van der Waals surface area contributed by atoms with Crippen molar-refractivity contribution < 1.29 is 39.0 Å². The molecule has 2 rings (SSSR count). The zero-order valence-electron chi connectivity index (χ0n) is 18.9. The lowest BCUT2D eigenvalue weighted by molar-refractivity contribution is -0.149. The minimum Gasteiger partial charge on any atom is -0.481 e. The Balaban J connectivity index is 2.07. The Labute approximate surface area is 201 Å². The number of aliphatic carboxylic acids is 2. The maximum absolute atomic E-state index is 13.2. The number of likely N-dealkylation sites (tertiary alicyclic amines) is 1. The zero-order valence-corrected chi connectivity index (χ0v) is 18.9. The summed E-state index contributed by atoms with van der Waals surface area (Å²) in [5.74, 6) is -5.45. The molecule has 1 saturated heterocycles. The molecule has 0 unspecified atom stereocenters. The van der Waals surface area contributed by atoms with Crippen LogP contribution in [0.25, 0.3) is 0 Å². The molecule has 1 aliphatic rings. The van der Waals surface area contributed by atoms with Gasteiger partial charge in [-0.3, -0.25) is 24.0 Å². The van der Waals surface area contributed by atoms with Crippen molar-refractivity contribution in [3.8, 4) is 0 Å². The van der Waals surface area contributed by atoms with Crippen LogP contribution in [0.1, 0.15) is 24.8 Å². The molecule has 13 nitrogen and oxygen atoms in total. The normalized spacial score (nSPS) is 16.6. The average molecular weight is 492 g/mol. The van der Waals surface area contributed by atoms with E-state index in [1.165, 1.54) is 4.90 Å². The van der Waals surface area contributed by atoms with Gasteiger partial charge in [-0.1, -0.05) is 30.3 Å². The van der Waals surface area contributed by atoms with Gasteiger partial charge in [0.25, 0.3) is 0 Å². The van der Waals surface area contributed by atoms with Crippen LogP contribution < -0.4 is 21.7 Å². The first-order valence-corrected chi connectivity index (χ1v) is 11.0. The molecule has 35 heavy (non-hydrogen) atoms. The van der Waals surface area contributed by atoms with Crippen molar-refractivity contribution in [1.29, 1.82) is 0 Å². The van der Waals surface area contributed by atoms with E-state index in [1.807, 2.05) is 0 Å². The van der Waals surface area contributed by atoms with Gasteiger partial charge in [0, 0.05) is 13.0 Å². The molecule has 0 radical (unpaired) electrons. The summed E-state index contributed by atoms with van der Waals surface area (Å²) in [5.41, 5.74) is 5.90. The van der Waals surface area contributed by atoms with Gasteiger partial charge in [-0.25, -0.2) is 4.79 Å². The molecule has 3 atom stereocenters. The minimum atomic E-state index is -1.45. The minimum absolute atomic E-state index is 0.0936. The summed E-state index contributed by atoms with van der Waals surface area (Å²) in [4.78, 5) is 73.3. The smallest absolute Gasteiger partial charge is 0.326 e. The number of hydrogen-bond donors (Lipinski definition) is 6. The van der Waals surface area contributed by atoms with Crippen LogP contribution in [-0.4, -0.2) is 88.4 Å². The summed E-state index contributed by atoms with van der Waals surface area (Å²) in [6.07, 6.45) is 0.198. The Morgan fingerprint density at radius 2 is 1.66 bits per heavy atom. The molecular weight excluding hydrogens is 462 g/mol. The number of carbonyl (C=O) groups excluding carboxylic acids is 4. The largest absolute Gasteiger partial charge is 0.481 e. The fourth-order valence-electron chi connectivity index (χ4n) is 3.71. The SMILES string of the molecule is NCC(=O)N[C@@H](CC(=O)O)C(=O)NCC(=O)N[C@@H](Cc1ccccc1)C(=O)N1CCC[C@H]1C(=O)O. The third-order valence-corrected chi connectivity index (χ3v) is 5.38. The molecule has 0 saturated carbocycles. The molecule has 1 aliphatic heterocycles. The van der Waals surface area contributed by atoms with E-state index in [-0.39, 0.29) is 13.0 Å². The Kier molecular flexibility index (Phi) is 10.1. The Morgan fingerprint density at radius 1 is 1.00 bits per heavy atom. The number of rotatable bonds is 12. The molecule has 190 valence electrons. The number of carboxylic acid groups (broad SMARTS) is 2. The van der Waals surface area contributed by atoms with Crippen molar-refractivity contribution in [3.63, 3.8) is 0 Å². The molecule has 7 N–H and O–H groups in total. The quantitative estimate of drug-likeness (QED) is 0.188. The number of nitrogens with two attached hydrogens (primary N) is 1. The van der Waals surface area contributed by atoms with E-state index in [9.17, 15) is 33.9 Å². The second kappa shape index (κ2) is 13.0. The van der Waals surface area contributed by atoms with Gasteiger partial charge in [0.1, 0.15) is 18.1 Å². The van der Waals surface area contributed by atoms with Crippen LogP contribution in [0.3, 0.4) is 0 Å². The molecule has 0 bridgehead atoms. The monoisotopic (exact) mass is 491 g/mol. The fraction of sp³-hybridized carbons (Fsp3) is 0.455. The lowest BCUT2D eigenvalue weighted by Crippen LogP contribution is -2.55. The topological polar surface area (TPSA) is 208 Å². The van der Waals surface area contributed by atoms with Gasteiger partial charge in [-0.05, 0) is 18.4 Å². The van der Waals surface area contributed by atoms with Gasteiger partial charge < -0.3 is 36.8 Å². The van der Waals surface area contributed by atoms with E-state index in [1.54, 1.807) is 30.3 Å². The van der Waals surface area contributed by atoms with Crippen molar-refractivity contribution in [3.05, 3.63) is 35.9 Å². The highest BCUT2D eigenvalue weighted by Crippen LogP contribution is 2.19. The van der Waals surface area contributed by atoms with Crippen LogP contribution in [0, 0.1) is 0 Å². The molecule has 1 aromatic carbocycles. The van der Waals surface area contributed by atoms with Gasteiger partial charge >= 0.3 is 11.9 Å². The highest BCUT2D eigenvalue weighted by molar-refractivity contribution is 5.95. The van der Waals surface area contributed by atoms with E-state index in [4.69, 9.17) is 10.8 Å². The molecule has 1 aromatic rings. The van der Waals surface area contributed by atoms with E-state index < -0.39 is 73.2 Å². The van der Waals surface area contributed by atoms with E-state index in [0.717, 1.165) is 5.56 Å². The zero-order chi connectivity index (χ0) is 26.0. The first-order valence-electron chi connectivity index (χ1n) is 11.0. The number of amides is 4. The van der Waals surface area contributed by atoms with Crippen LogP contribution in [-0.2, 0) is 35.2 Å². The molecule has 4 amide bonds. The maximum atomic E-state index is 13.2. The third-order valence-electron chi connectivity index (χ3n) is 5.38. The van der Waals surface area contributed by atoms with Crippen LogP contribution in [0.5, 0.6) is 0 Å². The molecule has 0 aliphatic carbocycles. The van der Waals surface area contributed by atoms with Crippen LogP contribution in [0.15, 0.2) is 30.3 Å². The van der Waals surface area contributed by atoms with Crippen molar-refractivity contribution in [2.75, 3.05) is 19.6 Å². The van der Waals surface area contributed by atoms with Crippen LogP contribution in [0.4, 0.5) is 0 Å². The van der Waals surface area contributed by atoms with Crippen molar-refractivity contribution >= 4 is 35.6 Å². The van der Waals surface area contributed by atoms with Crippen molar-refractivity contribution in [2.45, 2.75) is 43.8 Å². The lowest BCUT2D eigenvalue weighted by Gasteiger charge is -2.27. The van der Waals surface area contributed by atoms with E-state index in [0.29, 0.717) is 12.8 Å². The van der Waals surface area contributed by atoms with Gasteiger partial charge in [0.05, 0.1) is 19.5 Å². The lowest BCUT2D eigenvalue weighted by atomic mass is 10.0. The van der Waals surface area contributed by atoms with Gasteiger partial charge in [0.2, 0.25) is 23.6 Å². The first kappa shape index (κ1) is 27.2. The Bertz CT molecular complexity index is 954. The molecule has 13 heteroatoms. The first-order chi connectivity index (χ1) is 16.6. The standard InChI is InChI=1S/C22H29N5O8/c23-11-17(28)25-14(10-19(30)31)20(32)24-12-18(29)26-15(9-13-5-2-1-3-6-13)21(33)27-8-4-7-16(27)22(34)35/h1-3,5-6,14-16H,4,7-12,23H2,(H,24,32)(H,25,28)(H,26,29)(H,30,31)(H,34,35)/t14-,15-,16-/m0/s1. The predicted octanol–water partition coefficient (Wildman–Crippen LogP) is -2.18. The van der Waals surface area contributed by atoms with Gasteiger partial charge in [-0.2, -0.15) is 0 Å². The summed E-state index contributed by atoms with van der Waals surface area (Å²) < 4.78 is 0. The van der Waals surface area contributed by atoms with Crippen LogP contribution in [0.2, 0.25) is 0 Å². The number of nitrogens with one attached hydrogen (secondary N) is 3. The molecular formula is C22H29N5O8. The Morgan fingerprint density at radius 3 is 2.26 bits per heavy atom. The number of nitrogens with zero attached hydrogens (tertiary/aromatic N) is 1. The second-order valence-electron chi connectivity index (χ2n) is 7.98. The number of carbonyl (C=O) groups is 6. The molecule has 1 heterocycles. The Hall–Kier alpha value is -4.00. The van der Waals surface area contributed by atoms with E-state index >= 15 is 0 Å². The van der Waals surface area contributed by atoms with Crippen molar-refractivity contribution in [2.24, 2.45) is 5.73 Å². The fourth-order valence-corrected chi connectivity index (χ4v) is 3.71. The van der Waals surface area contributed by atoms with Crippen LogP contribution >= 0.6 is 0 Å². The molecule has 0 aromatic heterocycles. The molecule has 1 fully saturated rings. The number of benzene rings is 1.